The van der Waals surface area contributed by atoms with Gasteiger partial charge in [-0.3, -0.25) is 4.68 Å². The van der Waals surface area contributed by atoms with E-state index in [1.807, 2.05) is 13.0 Å². The van der Waals surface area contributed by atoms with Gasteiger partial charge in [0, 0.05) is 19.5 Å². The SMILES string of the molecule is CC(NC(=O)NCc1ccnn1C)c1ccc(S(C)(=O)=O)cc1. The topological polar surface area (TPSA) is 93.1 Å². The Morgan fingerprint density at radius 2 is 1.91 bits per heavy atom. The molecule has 8 heteroatoms. The lowest BCUT2D eigenvalue weighted by atomic mass is 10.1. The van der Waals surface area contributed by atoms with Crippen LogP contribution in [0.3, 0.4) is 0 Å². The molecule has 2 amide bonds. The zero-order valence-corrected chi connectivity index (χ0v) is 14.1. The van der Waals surface area contributed by atoms with E-state index in [0.29, 0.717) is 6.54 Å². The molecule has 0 bridgehead atoms. The summed E-state index contributed by atoms with van der Waals surface area (Å²) in [5.74, 6) is 0. The fourth-order valence-corrected chi connectivity index (χ4v) is 2.71. The molecule has 23 heavy (non-hydrogen) atoms. The number of hydrogen-bond donors (Lipinski definition) is 2. The van der Waals surface area contributed by atoms with E-state index in [-0.39, 0.29) is 17.0 Å². The van der Waals surface area contributed by atoms with Crippen LogP contribution in [0.4, 0.5) is 4.79 Å². The van der Waals surface area contributed by atoms with Crippen LogP contribution in [0.5, 0.6) is 0 Å². The van der Waals surface area contributed by atoms with E-state index in [2.05, 4.69) is 15.7 Å². The Balaban J connectivity index is 1.92. The van der Waals surface area contributed by atoms with E-state index in [4.69, 9.17) is 0 Å². The van der Waals surface area contributed by atoms with Gasteiger partial charge in [0.15, 0.2) is 9.84 Å². The van der Waals surface area contributed by atoms with Crippen molar-refractivity contribution in [3.8, 4) is 0 Å². The second-order valence-corrected chi connectivity index (χ2v) is 7.35. The molecule has 1 atom stereocenters. The number of sulfone groups is 1. The van der Waals surface area contributed by atoms with Crippen LogP contribution >= 0.6 is 0 Å². The van der Waals surface area contributed by atoms with E-state index in [0.717, 1.165) is 17.5 Å². The first-order chi connectivity index (χ1) is 10.8. The number of amides is 2. The number of nitrogens with zero attached hydrogens (tertiary/aromatic N) is 2. The van der Waals surface area contributed by atoms with Gasteiger partial charge in [0.1, 0.15) is 0 Å². The van der Waals surface area contributed by atoms with Crippen LogP contribution in [0.1, 0.15) is 24.2 Å². The maximum Gasteiger partial charge on any atom is 0.315 e. The van der Waals surface area contributed by atoms with E-state index in [9.17, 15) is 13.2 Å². The van der Waals surface area contributed by atoms with E-state index >= 15 is 0 Å². The van der Waals surface area contributed by atoms with Gasteiger partial charge >= 0.3 is 6.03 Å². The van der Waals surface area contributed by atoms with E-state index < -0.39 is 9.84 Å². The average Bonchev–Trinajstić information content (AvgIpc) is 2.89. The molecule has 0 fully saturated rings. The molecule has 0 aliphatic rings. The predicted molar refractivity (Wildman–Crippen MR) is 86.5 cm³/mol. The third kappa shape index (κ3) is 4.56. The number of benzene rings is 1. The Morgan fingerprint density at radius 3 is 2.43 bits per heavy atom. The minimum atomic E-state index is -3.21. The smallest absolute Gasteiger partial charge is 0.315 e. The molecular weight excluding hydrogens is 316 g/mol. The van der Waals surface area contributed by atoms with Crippen molar-refractivity contribution < 1.29 is 13.2 Å². The molecule has 0 aliphatic carbocycles. The van der Waals surface area contributed by atoms with Gasteiger partial charge in [0.05, 0.1) is 23.2 Å². The van der Waals surface area contributed by atoms with Crippen molar-refractivity contribution in [2.45, 2.75) is 24.4 Å². The van der Waals surface area contributed by atoms with Gasteiger partial charge < -0.3 is 10.6 Å². The first-order valence-corrected chi connectivity index (χ1v) is 8.98. The Hall–Kier alpha value is -2.35. The number of urea groups is 1. The number of rotatable bonds is 5. The van der Waals surface area contributed by atoms with Crippen molar-refractivity contribution in [3.05, 3.63) is 47.8 Å². The van der Waals surface area contributed by atoms with Crippen molar-refractivity contribution in [2.24, 2.45) is 7.05 Å². The van der Waals surface area contributed by atoms with Gasteiger partial charge in [-0.05, 0) is 30.7 Å². The van der Waals surface area contributed by atoms with Crippen LogP contribution in [-0.2, 0) is 23.4 Å². The second kappa shape index (κ2) is 6.82. The molecule has 124 valence electrons. The maximum absolute atomic E-state index is 11.9. The van der Waals surface area contributed by atoms with Crippen LogP contribution in [0.2, 0.25) is 0 Å². The van der Waals surface area contributed by atoms with Gasteiger partial charge in [0.25, 0.3) is 0 Å². The van der Waals surface area contributed by atoms with Gasteiger partial charge in [-0.2, -0.15) is 5.10 Å². The van der Waals surface area contributed by atoms with Crippen LogP contribution in [0.15, 0.2) is 41.4 Å². The third-order valence-electron chi connectivity index (χ3n) is 3.51. The highest BCUT2D eigenvalue weighted by molar-refractivity contribution is 7.90. The first kappa shape index (κ1) is 17.0. The van der Waals surface area contributed by atoms with Crippen molar-refractivity contribution in [1.29, 1.82) is 0 Å². The van der Waals surface area contributed by atoms with E-state index in [1.165, 1.54) is 12.1 Å². The summed E-state index contributed by atoms with van der Waals surface area (Å²) in [5, 5.41) is 9.59. The van der Waals surface area contributed by atoms with Gasteiger partial charge in [-0.15, -0.1) is 0 Å². The summed E-state index contributed by atoms with van der Waals surface area (Å²) >= 11 is 0. The normalized spacial score (nSPS) is 12.7. The molecular formula is C15H20N4O3S. The highest BCUT2D eigenvalue weighted by Gasteiger charge is 2.12. The Labute approximate surface area is 135 Å². The molecule has 0 radical (unpaired) electrons. The second-order valence-electron chi connectivity index (χ2n) is 5.34. The van der Waals surface area contributed by atoms with Crippen molar-refractivity contribution >= 4 is 15.9 Å². The highest BCUT2D eigenvalue weighted by atomic mass is 32.2. The minimum Gasteiger partial charge on any atom is -0.333 e. The molecule has 0 spiro atoms. The highest BCUT2D eigenvalue weighted by Crippen LogP contribution is 2.16. The Bertz CT molecular complexity index is 781. The minimum absolute atomic E-state index is 0.241. The lowest BCUT2D eigenvalue weighted by Crippen LogP contribution is -2.37. The van der Waals surface area contributed by atoms with Crippen molar-refractivity contribution in [2.75, 3.05) is 6.26 Å². The number of carbonyl (C=O) groups excluding carboxylic acids is 1. The zero-order valence-electron chi connectivity index (χ0n) is 13.3. The monoisotopic (exact) mass is 336 g/mol. The summed E-state index contributed by atoms with van der Waals surface area (Å²) in [6.45, 7) is 2.21. The molecule has 1 heterocycles. The van der Waals surface area contributed by atoms with Crippen LogP contribution in [0, 0.1) is 0 Å². The molecule has 1 aromatic heterocycles. The molecule has 0 aliphatic heterocycles. The van der Waals surface area contributed by atoms with Gasteiger partial charge in [0.2, 0.25) is 0 Å². The third-order valence-corrected chi connectivity index (χ3v) is 4.64. The van der Waals surface area contributed by atoms with Gasteiger partial charge in [-0.25, -0.2) is 13.2 Å². The fraction of sp³-hybridized carbons (Fsp3) is 0.333. The van der Waals surface area contributed by atoms with Gasteiger partial charge in [-0.1, -0.05) is 12.1 Å². The first-order valence-electron chi connectivity index (χ1n) is 7.08. The van der Waals surface area contributed by atoms with Crippen molar-refractivity contribution in [1.82, 2.24) is 20.4 Å². The molecule has 2 rings (SSSR count). The molecule has 0 saturated carbocycles. The number of carbonyl (C=O) groups is 1. The molecule has 0 saturated heterocycles. The number of aromatic nitrogens is 2. The summed E-state index contributed by atoms with van der Waals surface area (Å²) in [6.07, 6.45) is 2.83. The lowest BCUT2D eigenvalue weighted by Gasteiger charge is -2.15. The molecule has 1 unspecified atom stereocenters. The quantitative estimate of drug-likeness (QED) is 0.863. The standard InChI is InChI=1S/C15H20N4O3S/c1-11(12-4-6-14(7-5-12)23(3,21)22)18-15(20)16-10-13-8-9-17-19(13)2/h4-9,11H,10H2,1-3H3,(H2,16,18,20). The molecule has 2 N–H and O–H groups in total. The largest absolute Gasteiger partial charge is 0.333 e. The van der Waals surface area contributed by atoms with Crippen LogP contribution < -0.4 is 10.6 Å². The van der Waals surface area contributed by atoms with Crippen LogP contribution in [-0.4, -0.2) is 30.5 Å². The van der Waals surface area contributed by atoms with Crippen LogP contribution in [0.25, 0.3) is 0 Å². The van der Waals surface area contributed by atoms with E-state index in [1.54, 1.807) is 30.1 Å². The fourth-order valence-electron chi connectivity index (χ4n) is 2.08. The Kier molecular flexibility index (Phi) is 5.05. The predicted octanol–water partition coefficient (Wildman–Crippen LogP) is 1.38. The molecule has 7 nitrogen and oxygen atoms in total. The lowest BCUT2D eigenvalue weighted by molar-refractivity contribution is 0.237. The summed E-state index contributed by atoms with van der Waals surface area (Å²) in [6, 6.07) is 7.76. The Morgan fingerprint density at radius 1 is 1.26 bits per heavy atom. The number of nitrogens with one attached hydrogen (secondary N) is 2. The summed E-state index contributed by atoms with van der Waals surface area (Å²) in [4.78, 5) is 12.2. The number of hydrogen-bond acceptors (Lipinski definition) is 4. The van der Waals surface area contributed by atoms with Crippen molar-refractivity contribution in [3.63, 3.8) is 0 Å². The maximum atomic E-state index is 11.9. The zero-order chi connectivity index (χ0) is 17.0. The summed E-state index contributed by atoms with van der Waals surface area (Å²) < 4.78 is 24.5. The number of aryl methyl sites for hydroxylation is 1. The summed E-state index contributed by atoms with van der Waals surface area (Å²) in [5.41, 5.74) is 1.72. The molecule has 2 aromatic rings. The average molecular weight is 336 g/mol. The molecule has 1 aromatic carbocycles. The summed E-state index contributed by atoms with van der Waals surface area (Å²) in [7, 11) is -1.41.